The number of benzene rings is 1. The minimum Gasteiger partial charge on any atom is -0.152 e. The van der Waals surface area contributed by atoms with Crippen molar-refractivity contribution < 1.29 is 0 Å². The summed E-state index contributed by atoms with van der Waals surface area (Å²) in [5, 5.41) is 0. The summed E-state index contributed by atoms with van der Waals surface area (Å²) in [5.41, 5.74) is 3.06. The normalized spacial score (nSPS) is 13.3. The molecule has 0 N–H and O–H groups in total. The number of fused-ring (bicyclic) bond motifs is 1. The Balaban J connectivity index is 0.000000281. The van der Waals surface area contributed by atoms with E-state index in [1.807, 2.05) is 25.6 Å². The fraction of sp³-hybridized carbons (Fsp3) is 0.400. The first kappa shape index (κ1) is 8.66. The molecule has 0 spiro atoms. The van der Waals surface area contributed by atoms with Crippen LogP contribution in [0.25, 0.3) is 0 Å². The van der Waals surface area contributed by atoms with E-state index in [1.165, 1.54) is 22.6 Å². The van der Waals surface area contributed by atoms with E-state index in [0.717, 1.165) is 0 Å². The van der Waals surface area contributed by atoms with Crippen LogP contribution < -0.4 is 0 Å². The molecule has 1 aliphatic rings. The van der Waals surface area contributed by atoms with Gasteiger partial charge in [0.05, 0.1) is 0 Å². The SMILES string of the molecule is CC.c1ccc2c(c1)CSC2. The average Bonchev–Trinajstić information content (AvgIpc) is 2.55. The molecule has 0 fully saturated rings. The Morgan fingerprint density at radius 1 is 1.00 bits per heavy atom. The maximum atomic E-state index is 2.22. The molecule has 11 heavy (non-hydrogen) atoms. The van der Waals surface area contributed by atoms with Crippen LogP contribution in [0, 0.1) is 0 Å². The van der Waals surface area contributed by atoms with E-state index >= 15 is 0 Å². The molecule has 0 bridgehead atoms. The molecule has 0 atom stereocenters. The van der Waals surface area contributed by atoms with Crippen LogP contribution in [0.4, 0.5) is 0 Å². The minimum absolute atomic E-state index is 1.22. The lowest BCUT2D eigenvalue weighted by Crippen LogP contribution is -1.77. The molecular formula is C10H14S. The van der Waals surface area contributed by atoms with Crippen molar-refractivity contribution >= 4 is 11.8 Å². The average molecular weight is 166 g/mol. The van der Waals surface area contributed by atoms with Crippen molar-refractivity contribution in [3.63, 3.8) is 0 Å². The van der Waals surface area contributed by atoms with Gasteiger partial charge < -0.3 is 0 Å². The first-order valence-corrected chi connectivity index (χ1v) is 5.27. The molecule has 1 aromatic carbocycles. The molecule has 0 aromatic heterocycles. The van der Waals surface area contributed by atoms with Gasteiger partial charge in [-0.2, -0.15) is 11.8 Å². The molecular weight excluding hydrogens is 152 g/mol. The van der Waals surface area contributed by atoms with Crippen LogP contribution in [0.1, 0.15) is 25.0 Å². The second kappa shape index (κ2) is 4.45. The van der Waals surface area contributed by atoms with Crippen molar-refractivity contribution in [2.24, 2.45) is 0 Å². The highest BCUT2D eigenvalue weighted by molar-refractivity contribution is 7.98. The minimum atomic E-state index is 1.22. The summed E-state index contributed by atoms with van der Waals surface area (Å²) in [6.07, 6.45) is 0. The van der Waals surface area contributed by atoms with Crippen LogP contribution in [-0.4, -0.2) is 0 Å². The van der Waals surface area contributed by atoms with Gasteiger partial charge in [-0.1, -0.05) is 38.1 Å². The second-order valence-corrected chi connectivity index (χ2v) is 3.25. The van der Waals surface area contributed by atoms with Gasteiger partial charge in [0.15, 0.2) is 0 Å². The Morgan fingerprint density at radius 2 is 1.45 bits per heavy atom. The van der Waals surface area contributed by atoms with E-state index in [1.54, 1.807) is 0 Å². The van der Waals surface area contributed by atoms with Crippen molar-refractivity contribution in [3.8, 4) is 0 Å². The molecule has 1 heteroatoms. The van der Waals surface area contributed by atoms with Crippen LogP contribution >= 0.6 is 11.8 Å². The Kier molecular flexibility index (Phi) is 3.50. The van der Waals surface area contributed by atoms with E-state index in [9.17, 15) is 0 Å². The molecule has 0 saturated carbocycles. The Hall–Kier alpha value is -0.430. The molecule has 0 unspecified atom stereocenters. The number of hydrogen-bond donors (Lipinski definition) is 0. The van der Waals surface area contributed by atoms with Crippen molar-refractivity contribution in [3.05, 3.63) is 35.4 Å². The highest BCUT2D eigenvalue weighted by Gasteiger charge is 2.07. The van der Waals surface area contributed by atoms with E-state index in [-0.39, 0.29) is 0 Å². The highest BCUT2D eigenvalue weighted by atomic mass is 32.2. The topological polar surface area (TPSA) is 0 Å². The quantitative estimate of drug-likeness (QED) is 0.569. The van der Waals surface area contributed by atoms with Crippen LogP contribution in [0.15, 0.2) is 24.3 Å². The summed E-state index contributed by atoms with van der Waals surface area (Å²) in [5.74, 6) is 2.44. The molecule has 1 aromatic rings. The first-order chi connectivity index (χ1) is 5.47. The Morgan fingerprint density at radius 3 is 1.91 bits per heavy atom. The summed E-state index contributed by atoms with van der Waals surface area (Å²) < 4.78 is 0. The van der Waals surface area contributed by atoms with Crippen molar-refractivity contribution in [2.75, 3.05) is 0 Å². The molecule has 1 aliphatic heterocycles. The van der Waals surface area contributed by atoms with E-state index in [2.05, 4.69) is 24.3 Å². The Labute approximate surface area is 73.0 Å². The summed E-state index contributed by atoms with van der Waals surface area (Å²) in [6, 6.07) is 8.67. The maximum absolute atomic E-state index is 2.22. The smallest absolute Gasteiger partial charge is 0.0190 e. The zero-order valence-electron chi connectivity index (χ0n) is 7.13. The van der Waals surface area contributed by atoms with E-state index in [4.69, 9.17) is 0 Å². The number of hydrogen-bond acceptors (Lipinski definition) is 1. The first-order valence-electron chi connectivity index (χ1n) is 4.11. The van der Waals surface area contributed by atoms with Gasteiger partial charge in [-0.05, 0) is 11.1 Å². The van der Waals surface area contributed by atoms with Gasteiger partial charge in [-0.3, -0.25) is 0 Å². The fourth-order valence-electron chi connectivity index (χ4n) is 1.11. The number of rotatable bonds is 0. The number of thioether (sulfide) groups is 1. The third-order valence-electron chi connectivity index (χ3n) is 1.63. The monoisotopic (exact) mass is 166 g/mol. The zero-order chi connectivity index (χ0) is 8.10. The van der Waals surface area contributed by atoms with Gasteiger partial charge in [0, 0.05) is 11.5 Å². The van der Waals surface area contributed by atoms with Gasteiger partial charge in [0.1, 0.15) is 0 Å². The van der Waals surface area contributed by atoms with Crippen LogP contribution in [-0.2, 0) is 11.5 Å². The fourth-order valence-corrected chi connectivity index (χ4v) is 2.22. The van der Waals surface area contributed by atoms with Gasteiger partial charge in [0.2, 0.25) is 0 Å². The largest absolute Gasteiger partial charge is 0.152 e. The summed E-state index contributed by atoms with van der Waals surface area (Å²) >= 11 is 2.00. The highest BCUT2D eigenvalue weighted by Crippen LogP contribution is 2.28. The van der Waals surface area contributed by atoms with Crippen LogP contribution in [0.3, 0.4) is 0 Å². The van der Waals surface area contributed by atoms with E-state index in [0.29, 0.717) is 0 Å². The summed E-state index contributed by atoms with van der Waals surface area (Å²) in [4.78, 5) is 0. The molecule has 60 valence electrons. The molecule has 0 saturated heterocycles. The predicted octanol–water partition coefficient (Wildman–Crippen LogP) is 3.46. The van der Waals surface area contributed by atoms with Gasteiger partial charge in [-0.25, -0.2) is 0 Å². The van der Waals surface area contributed by atoms with Crippen LogP contribution in [0.5, 0.6) is 0 Å². The van der Waals surface area contributed by atoms with Gasteiger partial charge >= 0.3 is 0 Å². The van der Waals surface area contributed by atoms with Gasteiger partial charge in [-0.15, -0.1) is 0 Å². The van der Waals surface area contributed by atoms with E-state index < -0.39 is 0 Å². The molecule has 1 heterocycles. The third-order valence-corrected chi connectivity index (χ3v) is 2.66. The zero-order valence-corrected chi connectivity index (χ0v) is 7.95. The molecule has 0 amide bonds. The standard InChI is InChI=1S/C8H8S.C2H6/c1-2-4-8-6-9-5-7(8)3-1;1-2/h1-4H,5-6H2;1-2H3. The molecule has 0 radical (unpaired) electrons. The van der Waals surface area contributed by atoms with Crippen molar-refractivity contribution in [2.45, 2.75) is 25.4 Å². The lowest BCUT2D eigenvalue weighted by molar-refractivity contribution is 1.35. The maximum Gasteiger partial charge on any atom is 0.0190 e. The molecule has 0 nitrogen and oxygen atoms in total. The lowest BCUT2D eigenvalue weighted by Gasteiger charge is -1.91. The second-order valence-electron chi connectivity index (χ2n) is 2.26. The predicted molar refractivity (Wildman–Crippen MR) is 52.8 cm³/mol. The third kappa shape index (κ3) is 2.00. The Bertz CT molecular complexity index is 195. The van der Waals surface area contributed by atoms with Crippen molar-refractivity contribution in [1.82, 2.24) is 0 Å². The molecule has 2 rings (SSSR count). The summed E-state index contributed by atoms with van der Waals surface area (Å²) in [6.45, 7) is 4.00. The lowest BCUT2D eigenvalue weighted by atomic mass is 10.1. The molecule has 0 aliphatic carbocycles. The van der Waals surface area contributed by atoms with Gasteiger partial charge in [0.25, 0.3) is 0 Å². The summed E-state index contributed by atoms with van der Waals surface area (Å²) in [7, 11) is 0. The van der Waals surface area contributed by atoms with Crippen molar-refractivity contribution in [1.29, 1.82) is 0 Å². The van der Waals surface area contributed by atoms with Crippen LogP contribution in [0.2, 0.25) is 0 Å².